The summed E-state index contributed by atoms with van der Waals surface area (Å²) in [4.78, 5) is 97.1. The summed E-state index contributed by atoms with van der Waals surface area (Å²) in [5.74, 6) is -3.59. The molecule has 4 amide bonds. The van der Waals surface area contributed by atoms with E-state index in [9.17, 15) is 33.6 Å². The fourth-order valence-corrected chi connectivity index (χ4v) is 7.53. The maximum atomic E-state index is 14.3. The number of carbonyl (C=O) groups is 7. The van der Waals surface area contributed by atoms with Gasteiger partial charge in [-0.2, -0.15) is 0 Å². The molecule has 286 valence electrons. The molecule has 12 nitrogen and oxygen atoms in total. The third-order valence-corrected chi connectivity index (χ3v) is 10.7. The lowest BCUT2D eigenvalue weighted by atomic mass is 9.83. The number of likely N-dealkylation sites (tertiary alicyclic amines) is 1. The Morgan fingerprint density at radius 1 is 0.923 bits per heavy atom. The largest absolute Gasteiger partial charge is 0.444 e. The first-order chi connectivity index (χ1) is 24.0. The molecule has 1 aromatic carbocycles. The topological polar surface area (TPSA) is 159 Å². The number of benzene rings is 1. The highest BCUT2D eigenvalue weighted by atomic mass is 16.6. The van der Waals surface area contributed by atoms with Gasteiger partial charge >= 0.3 is 6.09 Å². The van der Waals surface area contributed by atoms with Crippen LogP contribution in [0.4, 0.5) is 4.79 Å². The minimum Gasteiger partial charge on any atom is -0.444 e. The van der Waals surface area contributed by atoms with Gasteiger partial charge in [-0.15, -0.1) is 0 Å². The van der Waals surface area contributed by atoms with Crippen molar-refractivity contribution in [2.45, 2.75) is 118 Å². The standard InChI is InChI=1S/C40H58N4O8/c1-38(2,3)34(42-37(51)52-39(4,5)6)36(50)44-22-26-30(40(26,7)8)32(44)28(46)21-25(20-23-16-17-23)33(48)27(45)18-19-29(47)41-31(35(49)43(9)10)24-14-12-11-13-15-24/h11-15,23,25-26,30-32,34H,16-22H2,1-10H3,(H,41,47)(H,42,51)/t25?,26?,30-,31-,32+,34?/m0/s1. The van der Waals surface area contributed by atoms with E-state index in [0.29, 0.717) is 18.5 Å². The van der Waals surface area contributed by atoms with Gasteiger partial charge in [0.1, 0.15) is 17.7 Å². The van der Waals surface area contributed by atoms with Crippen LogP contribution in [0.3, 0.4) is 0 Å². The van der Waals surface area contributed by atoms with E-state index in [2.05, 4.69) is 24.5 Å². The van der Waals surface area contributed by atoms with Gasteiger partial charge in [0.05, 0.1) is 6.04 Å². The van der Waals surface area contributed by atoms with Gasteiger partial charge in [-0.1, -0.05) is 77.8 Å². The third kappa shape index (κ3) is 9.86. The van der Waals surface area contributed by atoms with Crippen LogP contribution in [0.15, 0.2) is 30.3 Å². The maximum absolute atomic E-state index is 14.3. The number of ether oxygens (including phenoxy) is 1. The van der Waals surface area contributed by atoms with Crippen LogP contribution in [0.1, 0.15) is 106 Å². The summed E-state index contributed by atoms with van der Waals surface area (Å²) in [5, 5.41) is 5.45. The van der Waals surface area contributed by atoms with E-state index < -0.39 is 58.6 Å². The second-order valence-corrected chi connectivity index (χ2v) is 17.8. The Labute approximate surface area is 308 Å². The molecule has 1 aliphatic heterocycles. The molecule has 12 heteroatoms. The van der Waals surface area contributed by atoms with Gasteiger partial charge in [0.2, 0.25) is 23.5 Å². The Morgan fingerprint density at radius 2 is 1.54 bits per heavy atom. The molecule has 0 spiro atoms. The molecular weight excluding hydrogens is 664 g/mol. The fraction of sp³-hybridized carbons (Fsp3) is 0.675. The molecule has 52 heavy (non-hydrogen) atoms. The number of fused-ring (bicyclic) bond motifs is 1. The Balaban J connectivity index is 1.46. The summed E-state index contributed by atoms with van der Waals surface area (Å²) < 4.78 is 5.45. The van der Waals surface area contributed by atoms with Gasteiger partial charge in [0.15, 0.2) is 11.6 Å². The molecule has 3 unspecified atom stereocenters. The molecule has 1 aromatic rings. The molecule has 2 aliphatic carbocycles. The number of Topliss-reactive ketones (excluding diaryl/α,β-unsaturated/α-hetero) is 3. The van der Waals surface area contributed by atoms with E-state index >= 15 is 0 Å². The molecule has 4 rings (SSSR count). The maximum Gasteiger partial charge on any atom is 0.408 e. The van der Waals surface area contributed by atoms with Crippen LogP contribution in [0.5, 0.6) is 0 Å². The number of alkyl carbamates (subject to hydrolysis) is 1. The molecule has 6 atom stereocenters. The van der Waals surface area contributed by atoms with Gasteiger partial charge in [0, 0.05) is 45.8 Å². The van der Waals surface area contributed by atoms with Gasteiger partial charge < -0.3 is 25.2 Å². The summed E-state index contributed by atoms with van der Waals surface area (Å²) in [6.45, 7) is 15.2. The van der Waals surface area contributed by atoms with E-state index in [-0.39, 0.29) is 60.0 Å². The zero-order valence-electron chi connectivity index (χ0n) is 32.5. The van der Waals surface area contributed by atoms with Crippen molar-refractivity contribution in [2.24, 2.45) is 34.5 Å². The first-order valence-electron chi connectivity index (χ1n) is 18.5. The van der Waals surface area contributed by atoms with Crippen LogP contribution in [0.2, 0.25) is 0 Å². The highest BCUT2D eigenvalue weighted by Crippen LogP contribution is 2.65. The fourth-order valence-electron chi connectivity index (χ4n) is 7.53. The lowest BCUT2D eigenvalue weighted by Crippen LogP contribution is -2.58. The van der Waals surface area contributed by atoms with E-state index in [1.807, 2.05) is 20.8 Å². The number of hydrogen-bond acceptors (Lipinski definition) is 8. The van der Waals surface area contributed by atoms with Crippen molar-refractivity contribution in [3.05, 3.63) is 35.9 Å². The zero-order valence-corrected chi connectivity index (χ0v) is 32.5. The highest BCUT2D eigenvalue weighted by Gasteiger charge is 2.69. The number of nitrogens with zero attached hydrogens (tertiary/aromatic N) is 2. The molecule has 0 radical (unpaired) electrons. The highest BCUT2D eigenvalue weighted by molar-refractivity contribution is 6.38. The first kappa shape index (κ1) is 40.7. The second-order valence-electron chi connectivity index (χ2n) is 17.8. The van der Waals surface area contributed by atoms with Gasteiger partial charge in [0.25, 0.3) is 0 Å². The molecule has 3 aliphatic rings. The van der Waals surface area contributed by atoms with Crippen LogP contribution in [-0.2, 0) is 33.5 Å². The molecule has 0 aromatic heterocycles. The Morgan fingerprint density at radius 3 is 2.08 bits per heavy atom. The monoisotopic (exact) mass is 722 g/mol. The van der Waals surface area contributed by atoms with E-state index in [4.69, 9.17) is 4.74 Å². The summed E-state index contributed by atoms with van der Waals surface area (Å²) in [6.07, 6.45) is 0.645. The predicted molar refractivity (Wildman–Crippen MR) is 195 cm³/mol. The van der Waals surface area contributed by atoms with Crippen LogP contribution < -0.4 is 10.6 Å². The lowest BCUT2D eigenvalue weighted by molar-refractivity contribution is -0.145. The first-order valence-corrected chi connectivity index (χ1v) is 18.5. The number of ketones is 3. The zero-order chi connectivity index (χ0) is 38.9. The van der Waals surface area contributed by atoms with Crippen LogP contribution in [-0.4, -0.2) is 89.3 Å². The molecule has 2 saturated carbocycles. The van der Waals surface area contributed by atoms with Gasteiger partial charge in [-0.3, -0.25) is 28.8 Å². The van der Waals surface area contributed by atoms with Crippen LogP contribution in [0.25, 0.3) is 0 Å². The van der Waals surface area contributed by atoms with Crippen molar-refractivity contribution in [1.82, 2.24) is 20.4 Å². The predicted octanol–water partition coefficient (Wildman–Crippen LogP) is 4.65. The SMILES string of the molecule is CN(C)C(=O)[C@@H](NC(=O)CCC(=O)C(=O)C(CC(=O)[C@@H]1[C@@H]2C(CN1C(=O)C(NC(=O)OC(C)(C)C)C(C)(C)C)C2(C)C)CC1CC1)c1ccccc1. The quantitative estimate of drug-likeness (QED) is 0.248. The van der Waals surface area contributed by atoms with Crippen molar-refractivity contribution >= 4 is 41.2 Å². The molecule has 1 heterocycles. The summed E-state index contributed by atoms with van der Waals surface area (Å²) in [7, 11) is 3.17. The van der Waals surface area contributed by atoms with Crippen molar-refractivity contribution in [3.8, 4) is 0 Å². The lowest BCUT2D eigenvalue weighted by Gasteiger charge is -2.38. The van der Waals surface area contributed by atoms with E-state index in [1.165, 1.54) is 4.90 Å². The summed E-state index contributed by atoms with van der Waals surface area (Å²) in [6, 6.07) is 6.07. The normalized spacial score (nSPS) is 22.3. The molecule has 1 saturated heterocycles. The second kappa shape index (κ2) is 15.5. The average molecular weight is 723 g/mol. The van der Waals surface area contributed by atoms with Gasteiger partial charge in [-0.25, -0.2) is 4.79 Å². The van der Waals surface area contributed by atoms with Crippen molar-refractivity contribution in [2.75, 3.05) is 20.6 Å². The van der Waals surface area contributed by atoms with Crippen LogP contribution >= 0.6 is 0 Å². The molecular formula is C40H58N4O8. The number of likely N-dealkylation sites (N-methyl/N-ethyl adjacent to an activating group) is 1. The van der Waals surface area contributed by atoms with Gasteiger partial charge in [-0.05, 0) is 61.3 Å². The van der Waals surface area contributed by atoms with Crippen LogP contribution in [0, 0.1) is 34.5 Å². The Kier molecular flexibility index (Phi) is 12.1. The van der Waals surface area contributed by atoms with Crippen molar-refractivity contribution in [3.63, 3.8) is 0 Å². The van der Waals surface area contributed by atoms with Crippen molar-refractivity contribution in [1.29, 1.82) is 0 Å². The number of carbonyl (C=O) groups excluding carboxylic acids is 7. The number of amides is 4. The molecule has 2 N–H and O–H groups in total. The minimum atomic E-state index is -0.968. The smallest absolute Gasteiger partial charge is 0.408 e. The summed E-state index contributed by atoms with van der Waals surface area (Å²) >= 11 is 0. The van der Waals surface area contributed by atoms with Crippen molar-refractivity contribution < 1.29 is 38.3 Å². The molecule has 3 fully saturated rings. The van der Waals surface area contributed by atoms with E-state index in [0.717, 1.165) is 12.8 Å². The minimum absolute atomic E-state index is 0.0874. The number of piperidine rings is 1. The summed E-state index contributed by atoms with van der Waals surface area (Å²) in [5.41, 5.74) is -1.06. The van der Waals surface area contributed by atoms with E-state index in [1.54, 1.807) is 70.1 Å². The number of hydrogen-bond donors (Lipinski definition) is 2. The average Bonchev–Trinajstić information content (AvgIpc) is 3.90. The number of rotatable bonds is 15. The number of nitrogens with one attached hydrogen (secondary N) is 2. The molecule has 0 bridgehead atoms. The Bertz CT molecular complexity index is 1550. The third-order valence-electron chi connectivity index (χ3n) is 10.7. The Hall–Kier alpha value is -4.09.